The van der Waals surface area contributed by atoms with Crippen molar-refractivity contribution < 1.29 is 9.53 Å². The van der Waals surface area contributed by atoms with Crippen LogP contribution in [-0.4, -0.2) is 61.1 Å². The Morgan fingerprint density at radius 2 is 2.38 bits per heavy atom. The van der Waals surface area contributed by atoms with E-state index in [0.717, 1.165) is 44.2 Å². The van der Waals surface area contributed by atoms with Crippen molar-refractivity contribution in [1.29, 1.82) is 0 Å². The molecule has 1 fully saturated rings. The molecule has 1 aromatic rings. The summed E-state index contributed by atoms with van der Waals surface area (Å²) in [6.07, 6.45) is 5.98. The zero-order chi connectivity index (χ0) is 17.0. The molecule has 0 spiro atoms. The maximum absolute atomic E-state index is 11.5. The van der Waals surface area contributed by atoms with Gasteiger partial charge in [-0.1, -0.05) is 0 Å². The van der Waals surface area contributed by atoms with Gasteiger partial charge in [0, 0.05) is 38.8 Å². The molecule has 2 heterocycles. The molecule has 132 valence electrons. The van der Waals surface area contributed by atoms with Crippen molar-refractivity contribution >= 4 is 11.9 Å². The molecule has 1 aliphatic heterocycles. The first-order valence-electron chi connectivity index (χ1n) is 8.62. The minimum absolute atomic E-state index is 0.275. The van der Waals surface area contributed by atoms with Gasteiger partial charge in [-0.25, -0.2) is 0 Å². The number of likely N-dealkylation sites (tertiary alicyclic amines) is 1. The van der Waals surface area contributed by atoms with Gasteiger partial charge >= 0.3 is 0 Å². The van der Waals surface area contributed by atoms with Crippen molar-refractivity contribution in [2.45, 2.75) is 26.2 Å². The van der Waals surface area contributed by atoms with E-state index in [4.69, 9.17) is 4.74 Å². The van der Waals surface area contributed by atoms with Gasteiger partial charge in [-0.3, -0.25) is 14.8 Å². The maximum Gasteiger partial charge on any atom is 0.222 e. The summed E-state index contributed by atoms with van der Waals surface area (Å²) in [4.78, 5) is 22.0. The van der Waals surface area contributed by atoms with Gasteiger partial charge in [-0.2, -0.15) is 0 Å². The lowest BCUT2D eigenvalue weighted by Crippen LogP contribution is -2.39. The van der Waals surface area contributed by atoms with Crippen molar-refractivity contribution in [3.63, 3.8) is 0 Å². The molecule has 0 aliphatic carbocycles. The number of hydrogen-bond donors (Lipinski definition) is 2. The molecule has 1 aliphatic rings. The molecule has 0 aromatic carbocycles. The lowest BCUT2D eigenvalue weighted by molar-refractivity contribution is -0.127. The molecule has 0 unspecified atom stereocenters. The summed E-state index contributed by atoms with van der Waals surface area (Å²) in [7, 11) is 0. The first-order chi connectivity index (χ1) is 11.8. The molecule has 0 radical (unpaired) electrons. The van der Waals surface area contributed by atoms with Crippen LogP contribution in [0.2, 0.25) is 0 Å². The summed E-state index contributed by atoms with van der Waals surface area (Å²) in [6, 6.07) is 3.73. The van der Waals surface area contributed by atoms with Crippen LogP contribution in [0.15, 0.2) is 29.5 Å². The molecule has 1 amide bonds. The summed E-state index contributed by atoms with van der Waals surface area (Å²) in [6.45, 7) is 6.43. The third-order valence-electron chi connectivity index (χ3n) is 3.67. The van der Waals surface area contributed by atoms with Crippen LogP contribution in [0.5, 0.6) is 5.75 Å². The molecule has 7 heteroatoms. The normalized spacial score (nSPS) is 14.8. The summed E-state index contributed by atoms with van der Waals surface area (Å²) < 4.78 is 5.59. The monoisotopic (exact) mass is 333 g/mol. The Hall–Kier alpha value is -2.31. The lowest BCUT2D eigenvalue weighted by Gasteiger charge is -2.15. The van der Waals surface area contributed by atoms with Crippen LogP contribution in [0, 0.1) is 0 Å². The topological polar surface area (TPSA) is 78.9 Å². The molecule has 1 aromatic heterocycles. The number of aliphatic imine (C=N–C) groups is 1. The van der Waals surface area contributed by atoms with E-state index in [2.05, 4.69) is 20.6 Å². The molecule has 24 heavy (non-hydrogen) atoms. The highest BCUT2D eigenvalue weighted by molar-refractivity contribution is 5.79. The largest absolute Gasteiger partial charge is 0.490 e. The van der Waals surface area contributed by atoms with E-state index in [1.807, 2.05) is 24.0 Å². The fourth-order valence-corrected chi connectivity index (χ4v) is 2.51. The predicted octanol–water partition coefficient (Wildman–Crippen LogP) is 1.03. The summed E-state index contributed by atoms with van der Waals surface area (Å²) in [5, 5.41) is 6.45. The van der Waals surface area contributed by atoms with Gasteiger partial charge in [0.25, 0.3) is 0 Å². The van der Waals surface area contributed by atoms with Gasteiger partial charge in [0.15, 0.2) is 5.96 Å². The van der Waals surface area contributed by atoms with E-state index >= 15 is 0 Å². The van der Waals surface area contributed by atoms with Crippen LogP contribution in [0.25, 0.3) is 0 Å². The second-order valence-electron chi connectivity index (χ2n) is 5.56. The number of hydrogen-bond acceptors (Lipinski definition) is 4. The summed E-state index contributed by atoms with van der Waals surface area (Å²) in [5.74, 6) is 1.81. The zero-order valence-electron chi connectivity index (χ0n) is 14.3. The molecule has 7 nitrogen and oxygen atoms in total. The number of aromatic nitrogens is 1. The number of carbonyl (C=O) groups is 1. The first-order valence-corrected chi connectivity index (χ1v) is 8.62. The van der Waals surface area contributed by atoms with Crippen molar-refractivity contribution in [3.8, 4) is 5.75 Å². The van der Waals surface area contributed by atoms with Crippen molar-refractivity contribution in [1.82, 2.24) is 20.5 Å². The van der Waals surface area contributed by atoms with E-state index in [1.165, 1.54) is 0 Å². The lowest BCUT2D eigenvalue weighted by atomic mass is 10.4. The van der Waals surface area contributed by atoms with Crippen LogP contribution < -0.4 is 15.4 Å². The minimum Gasteiger partial charge on any atom is -0.490 e. The Labute approximate surface area is 143 Å². The van der Waals surface area contributed by atoms with E-state index in [0.29, 0.717) is 26.1 Å². The highest BCUT2D eigenvalue weighted by Crippen LogP contribution is 2.09. The van der Waals surface area contributed by atoms with E-state index in [1.54, 1.807) is 12.4 Å². The number of carbonyl (C=O) groups excluding carboxylic acids is 1. The average molecular weight is 333 g/mol. The fraction of sp³-hybridized carbons (Fsp3) is 0.588. The van der Waals surface area contributed by atoms with Crippen LogP contribution >= 0.6 is 0 Å². The van der Waals surface area contributed by atoms with E-state index < -0.39 is 0 Å². The Morgan fingerprint density at radius 1 is 1.46 bits per heavy atom. The Morgan fingerprint density at radius 3 is 3.08 bits per heavy atom. The van der Waals surface area contributed by atoms with Gasteiger partial charge in [-0.05, 0) is 31.9 Å². The highest BCUT2D eigenvalue weighted by atomic mass is 16.5. The molecule has 0 bridgehead atoms. The molecule has 0 atom stereocenters. The minimum atomic E-state index is 0.275. The Balaban J connectivity index is 1.63. The number of guanidine groups is 1. The number of nitrogens with zero attached hydrogens (tertiary/aromatic N) is 3. The molecular weight excluding hydrogens is 306 g/mol. The van der Waals surface area contributed by atoms with Gasteiger partial charge < -0.3 is 20.3 Å². The smallest absolute Gasteiger partial charge is 0.222 e. The number of amides is 1. The standard InChI is InChI=1S/C17H27N5O2/c1-2-19-17(20-9-5-12-22-11-4-7-16(22)23)21-10-13-24-15-6-3-8-18-14-15/h3,6,8,14H,2,4-5,7,9-13H2,1H3,(H2,19,20,21). The SMILES string of the molecule is CCNC(=NCCCN1CCCC1=O)NCCOc1cccnc1. The van der Waals surface area contributed by atoms with Crippen LogP contribution in [0.4, 0.5) is 0 Å². The maximum atomic E-state index is 11.5. The third kappa shape index (κ3) is 6.44. The first kappa shape index (κ1) is 18.0. The van der Waals surface area contributed by atoms with Crippen molar-refractivity contribution in [2.75, 3.05) is 39.3 Å². The molecule has 2 N–H and O–H groups in total. The van der Waals surface area contributed by atoms with Crippen LogP contribution in [0.3, 0.4) is 0 Å². The van der Waals surface area contributed by atoms with E-state index in [-0.39, 0.29) is 5.91 Å². The van der Waals surface area contributed by atoms with Crippen LogP contribution in [-0.2, 0) is 4.79 Å². The Bertz CT molecular complexity index is 521. The van der Waals surface area contributed by atoms with E-state index in [9.17, 15) is 4.79 Å². The van der Waals surface area contributed by atoms with Crippen molar-refractivity contribution in [2.24, 2.45) is 4.99 Å². The second kappa shape index (κ2) is 10.5. The average Bonchev–Trinajstić information content (AvgIpc) is 3.01. The quantitative estimate of drug-likeness (QED) is 0.401. The Kier molecular flexibility index (Phi) is 7.86. The molecular formula is C17H27N5O2. The third-order valence-corrected chi connectivity index (χ3v) is 3.67. The fourth-order valence-electron chi connectivity index (χ4n) is 2.51. The van der Waals surface area contributed by atoms with Crippen LogP contribution in [0.1, 0.15) is 26.2 Å². The number of nitrogens with one attached hydrogen (secondary N) is 2. The van der Waals surface area contributed by atoms with Gasteiger partial charge in [-0.15, -0.1) is 0 Å². The number of rotatable bonds is 9. The predicted molar refractivity (Wildman–Crippen MR) is 94.1 cm³/mol. The second-order valence-corrected chi connectivity index (χ2v) is 5.56. The zero-order valence-corrected chi connectivity index (χ0v) is 14.3. The molecule has 2 rings (SSSR count). The number of ether oxygens (including phenoxy) is 1. The number of pyridine rings is 1. The van der Waals surface area contributed by atoms with Crippen molar-refractivity contribution in [3.05, 3.63) is 24.5 Å². The van der Waals surface area contributed by atoms with Gasteiger partial charge in [0.2, 0.25) is 5.91 Å². The molecule has 0 saturated carbocycles. The summed E-state index contributed by atoms with van der Waals surface area (Å²) in [5.41, 5.74) is 0. The highest BCUT2D eigenvalue weighted by Gasteiger charge is 2.18. The molecule has 1 saturated heterocycles. The van der Waals surface area contributed by atoms with Gasteiger partial charge in [0.1, 0.15) is 12.4 Å². The summed E-state index contributed by atoms with van der Waals surface area (Å²) >= 11 is 0. The van der Waals surface area contributed by atoms with Gasteiger partial charge in [0.05, 0.1) is 12.7 Å².